The zero-order valence-electron chi connectivity index (χ0n) is 17.4. The fourth-order valence-corrected chi connectivity index (χ4v) is 3.96. The van der Waals surface area contributed by atoms with Crippen LogP contribution in [-0.2, 0) is 14.3 Å². The number of methoxy groups -OCH3 is 1. The van der Waals surface area contributed by atoms with Crippen molar-refractivity contribution in [1.82, 2.24) is 0 Å². The second-order valence-corrected chi connectivity index (χ2v) is 7.37. The quantitative estimate of drug-likeness (QED) is 0.350. The molecular formula is C25H14O9. The van der Waals surface area contributed by atoms with Gasteiger partial charge in [-0.3, -0.25) is 9.59 Å². The maximum atomic E-state index is 13.3. The molecule has 34 heavy (non-hydrogen) atoms. The van der Waals surface area contributed by atoms with Crippen molar-refractivity contribution in [3.8, 4) is 11.5 Å². The number of hydrogen-bond acceptors (Lipinski definition) is 9. The normalized spacial score (nSPS) is 14.1. The van der Waals surface area contributed by atoms with Crippen LogP contribution < -0.4 is 11.3 Å². The molecule has 2 aromatic carbocycles. The van der Waals surface area contributed by atoms with E-state index in [1.165, 1.54) is 24.3 Å². The van der Waals surface area contributed by atoms with Crippen LogP contribution in [0, 0.1) is 0 Å². The highest BCUT2D eigenvalue weighted by molar-refractivity contribution is 6.49. The maximum Gasteiger partial charge on any atom is 0.348 e. The molecule has 0 aliphatic heterocycles. The van der Waals surface area contributed by atoms with Crippen molar-refractivity contribution in [2.45, 2.75) is 0 Å². The molecule has 9 nitrogen and oxygen atoms in total. The van der Waals surface area contributed by atoms with Gasteiger partial charge in [0.05, 0.1) is 29.0 Å². The Morgan fingerprint density at radius 3 is 1.68 bits per heavy atom. The molecule has 2 N–H and O–H groups in total. The Hall–Kier alpha value is -4.92. The fraction of sp³-hybridized carbons (Fsp3) is 0.0400. The van der Waals surface area contributed by atoms with E-state index in [1.54, 1.807) is 24.3 Å². The third-order valence-electron chi connectivity index (χ3n) is 5.50. The summed E-state index contributed by atoms with van der Waals surface area (Å²) in [4.78, 5) is 52.2. The monoisotopic (exact) mass is 458 g/mol. The molecule has 0 atom stereocenters. The smallest absolute Gasteiger partial charge is 0.348 e. The van der Waals surface area contributed by atoms with Crippen molar-refractivity contribution in [3.05, 3.63) is 92.3 Å². The maximum absolute atomic E-state index is 13.3. The Kier molecular flexibility index (Phi) is 4.68. The second kappa shape index (κ2) is 7.59. The van der Waals surface area contributed by atoms with Crippen molar-refractivity contribution < 1.29 is 33.4 Å². The van der Waals surface area contributed by atoms with Gasteiger partial charge in [-0.1, -0.05) is 24.3 Å². The van der Waals surface area contributed by atoms with Crippen LogP contribution in [0.25, 0.3) is 33.1 Å². The summed E-state index contributed by atoms with van der Waals surface area (Å²) in [5, 5.41) is 22.0. The van der Waals surface area contributed by atoms with Gasteiger partial charge in [-0.25, -0.2) is 9.59 Å². The summed E-state index contributed by atoms with van der Waals surface area (Å²) in [6.45, 7) is 0. The van der Waals surface area contributed by atoms with E-state index in [2.05, 4.69) is 0 Å². The lowest BCUT2D eigenvalue weighted by molar-refractivity contribution is -0.115. The summed E-state index contributed by atoms with van der Waals surface area (Å²) >= 11 is 0. The second-order valence-electron chi connectivity index (χ2n) is 7.37. The minimum Gasteiger partial charge on any atom is -0.506 e. The molecule has 1 aliphatic carbocycles. The van der Waals surface area contributed by atoms with E-state index in [0.717, 1.165) is 13.2 Å². The van der Waals surface area contributed by atoms with Crippen LogP contribution in [0.4, 0.5) is 0 Å². The Morgan fingerprint density at radius 2 is 1.18 bits per heavy atom. The number of hydrogen-bond donors (Lipinski definition) is 2. The molecular weight excluding hydrogens is 444 g/mol. The van der Waals surface area contributed by atoms with Gasteiger partial charge in [-0.2, -0.15) is 0 Å². The van der Waals surface area contributed by atoms with Crippen LogP contribution >= 0.6 is 0 Å². The number of rotatable bonds is 3. The van der Waals surface area contributed by atoms with Gasteiger partial charge in [0.2, 0.25) is 5.78 Å². The molecule has 9 heteroatoms. The van der Waals surface area contributed by atoms with Gasteiger partial charge in [0.15, 0.2) is 11.5 Å². The Morgan fingerprint density at radius 1 is 0.706 bits per heavy atom. The number of carbonyl (C=O) groups is 2. The van der Waals surface area contributed by atoms with Crippen molar-refractivity contribution >= 4 is 44.7 Å². The van der Waals surface area contributed by atoms with Crippen LogP contribution in [0.2, 0.25) is 0 Å². The average Bonchev–Trinajstić information content (AvgIpc) is 2.82. The molecule has 5 rings (SSSR count). The molecule has 0 saturated heterocycles. The highest BCUT2D eigenvalue weighted by Gasteiger charge is 2.38. The summed E-state index contributed by atoms with van der Waals surface area (Å²) in [7, 11) is 1.14. The molecule has 1 aliphatic rings. The number of fused-ring (bicyclic) bond motifs is 2. The zero-order chi connectivity index (χ0) is 24.1. The van der Waals surface area contributed by atoms with Gasteiger partial charge in [0.1, 0.15) is 33.8 Å². The largest absolute Gasteiger partial charge is 0.506 e. The van der Waals surface area contributed by atoms with E-state index in [0.29, 0.717) is 0 Å². The molecule has 168 valence electrons. The van der Waals surface area contributed by atoms with Gasteiger partial charge in [-0.15, -0.1) is 0 Å². The van der Waals surface area contributed by atoms with Crippen LogP contribution in [-0.4, -0.2) is 28.9 Å². The van der Waals surface area contributed by atoms with E-state index >= 15 is 0 Å². The fourth-order valence-electron chi connectivity index (χ4n) is 3.96. The molecule has 0 fully saturated rings. The zero-order valence-corrected chi connectivity index (χ0v) is 17.4. The SMILES string of the molecule is COC1=CC(=O)C(c2c(O)c3ccccc3oc2=O)=C(c2c(O)c3ccccc3oc2=O)C1=O. The number of benzene rings is 2. The minimum absolute atomic E-state index is 0.0426. The number of Topliss-reactive ketones (excluding diaryl/α,β-unsaturated/α-hetero) is 1. The molecule has 0 unspecified atom stereocenters. The number of aromatic hydroxyl groups is 2. The number of allylic oxidation sites excluding steroid dienone is 3. The first-order valence-electron chi connectivity index (χ1n) is 9.92. The van der Waals surface area contributed by atoms with Crippen LogP contribution in [0.3, 0.4) is 0 Å². The number of ether oxygens (including phenoxy) is 1. The Bertz CT molecular complexity index is 1730. The summed E-state index contributed by atoms with van der Waals surface area (Å²) in [5.74, 6) is -3.58. The topological polar surface area (TPSA) is 144 Å². The van der Waals surface area contributed by atoms with Crippen molar-refractivity contribution in [3.63, 3.8) is 0 Å². The predicted octanol–water partition coefficient (Wildman–Crippen LogP) is 2.90. The van der Waals surface area contributed by atoms with Crippen LogP contribution in [0.5, 0.6) is 11.5 Å². The van der Waals surface area contributed by atoms with E-state index in [1.807, 2.05) is 0 Å². The van der Waals surface area contributed by atoms with Gasteiger partial charge >= 0.3 is 11.3 Å². The first kappa shape index (κ1) is 21.0. The highest BCUT2D eigenvalue weighted by Crippen LogP contribution is 2.41. The summed E-state index contributed by atoms with van der Waals surface area (Å²) in [5.41, 5.74) is -4.73. The van der Waals surface area contributed by atoms with Crippen molar-refractivity contribution in [2.24, 2.45) is 0 Å². The number of para-hydroxylation sites is 2. The number of carbonyl (C=O) groups excluding carboxylic acids is 2. The molecule has 0 bridgehead atoms. The molecule has 0 amide bonds. The highest BCUT2D eigenvalue weighted by atomic mass is 16.5. The van der Waals surface area contributed by atoms with Gasteiger partial charge in [0.25, 0.3) is 0 Å². The lowest BCUT2D eigenvalue weighted by Crippen LogP contribution is -2.25. The van der Waals surface area contributed by atoms with Crippen LogP contribution in [0.15, 0.2) is 78.8 Å². The van der Waals surface area contributed by atoms with E-state index in [-0.39, 0.29) is 21.9 Å². The summed E-state index contributed by atoms with van der Waals surface area (Å²) in [6.07, 6.45) is 0.828. The summed E-state index contributed by atoms with van der Waals surface area (Å²) < 4.78 is 15.5. The Labute approximate surface area is 189 Å². The molecule has 0 saturated carbocycles. The molecule has 2 aromatic heterocycles. The lowest BCUT2D eigenvalue weighted by Gasteiger charge is -2.19. The van der Waals surface area contributed by atoms with Crippen molar-refractivity contribution in [1.29, 1.82) is 0 Å². The van der Waals surface area contributed by atoms with E-state index < -0.39 is 62.3 Å². The van der Waals surface area contributed by atoms with Gasteiger partial charge < -0.3 is 23.8 Å². The molecule has 0 spiro atoms. The van der Waals surface area contributed by atoms with E-state index in [9.17, 15) is 29.4 Å². The molecule has 0 radical (unpaired) electrons. The average molecular weight is 458 g/mol. The summed E-state index contributed by atoms with van der Waals surface area (Å²) in [6, 6.07) is 12.1. The van der Waals surface area contributed by atoms with E-state index in [4.69, 9.17) is 13.6 Å². The third kappa shape index (κ3) is 2.95. The predicted molar refractivity (Wildman–Crippen MR) is 120 cm³/mol. The first-order chi connectivity index (χ1) is 16.3. The standard InChI is InChI=1S/C25H14O9/c1-32-16-10-13(26)17(19-21(27)11-6-2-4-8-14(11)33-24(19)30)18(23(16)29)20-22(28)12-7-3-5-9-15(12)34-25(20)31/h2-10,27-28H,1H3. The molecule has 4 aromatic rings. The number of ketones is 2. The van der Waals surface area contributed by atoms with Crippen LogP contribution in [0.1, 0.15) is 11.1 Å². The van der Waals surface area contributed by atoms with Crippen molar-refractivity contribution in [2.75, 3.05) is 7.11 Å². The van der Waals surface area contributed by atoms with Gasteiger partial charge in [0, 0.05) is 6.08 Å². The first-order valence-corrected chi connectivity index (χ1v) is 9.92. The Balaban J connectivity index is 1.96. The third-order valence-corrected chi connectivity index (χ3v) is 5.50. The lowest BCUT2D eigenvalue weighted by atomic mass is 9.84. The minimum atomic E-state index is -1.13. The molecule has 2 heterocycles. The van der Waals surface area contributed by atoms with Gasteiger partial charge in [-0.05, 0) is 24.3 Å².